The van der Waals surface area contributed by atoms with Crippen molar-refractivity contribution in [3.05, 3.63) is 59.7 Å². The molecule has 0 saturated carbocycles. The minimum atomic E-state index is 0.0621. The molecule has 2 aromatic rings. The first-order valence-corrected chi connectivity index (χ1v) is 10.5. The van der Waals surface area contributed by atoms with Gasteiger partial charge in [-0.25, -0.2) is 0 Å². The largest absolute Gasteiger partial charge is 0.497 e. The Morgan fingerprint density at radius 2 is 1.69 bits per heavy atom. The fourth-order valence-corrected chi connectivity index (χ4v) is 4.39. The van der Waals surface area contributed by atoms with E-state index in [9.17, 15) is 9.59 Å². The molecule has 0 aromatic heterocycles. The Hall–Kier alpha value is -2.82. The Balaban J connectivity index is 1.56. The number of anilines is 1. The molecule has 0 aliphatic carbocycles. The quantitative estimate of drug-likeness (QED) is 0.765. The number of hydrogen-bond donors (Lipinski definition) is 0. The molecule has 0 bridgehead atoms. The Morgan fingerprint density at radius 1 is 0.931 bits per heavy atom. The van der Waals surface area contributed by atoms with Crippen LogP contribution in [0.3, 0.4) is 0 Å². The molecule has 2 aliphatic rings. The van der Waals surface area contributed by atoms with E-state index in [1.807, 2.05) is 41.3 Å². The summed E-state index contributed by atoms with van der Waals surface area (Å²) < 4.78 is 5.28. The third kappa shape index (κ3) is 4.14. The summed E-state index contributed by atoms with van der Waals surface area (Å²) in [7, 11) is 1.66. The molecule has 0 N–H and O–H groups in total. The zero-order valence-electron chi connectivity index (χ0n) is 17.0. The van der Waals surface area contributed by atoms with Crippen molar-refractivity contribution in [3.8, 4) is 5.75 Å². The van der Waals surface area contributed by atoms with Crippen LogP contribution in [-0.4, -0.2) is 36.9 Å². The lowest BCUT2D eigenvalue weighted by Gasteiger charge is -2.31. The maximum absolute atomic E-state index is 13.4. The van der Waals surface area contributed by atoms with Crippen LogP contribution < -0.4 is 9.64 Å². The highest BCUT2D eigenvalue weighted by atomic mass is 16.5. The molecule has 5 heteroatoms. The van der Waals surface area contributed by atoms with Crippen LogP contribution in [-0.2, 0) is 4.79 Å². The van der Waals surface area contributed by atoms with E-state index >= 15 is 0 Å². The molecule has 152 valence electrons. The standard InChI is InChI=1S/C24H28N2O3/c1-29-21-14-10-18(11-15-21)22-6-3-2-4-16-26(22)24(28)19-8-12-20(13-9-19)25-17-5-7-23(25)27/h8-15,22H,2-7,16-17H2,1H3/t22-/m0/s1. The number of rotatable bonds is 4. The van der Waals surface area contributed by atoms with Gasteiger partial charge in [0.1, 0.15) is 5.75 Å². The summed E-state index contributed by atoms with van der Waals surface area (Å²) in [5, 5.41) is 0. The summed E-state index contributed by atoms with van der Waals surface area (Å²) in [5.41, 5.74) is 2.72. The monoisotopic (exact) mass is 392 g/mol. The molecule has 1 atom stereocenters. The third-order valence-electron chi connectivity index (χ3n) is 6.01. The topological polar surface area (TPSA) is 49.9 Å². The van der Waals surface area contributed by atoms with Gasteiger partial charge in [0.2, 0.25) is 5.91 Å². The Bertz CT molecular complexity index is 861. The molecule has 2 aliphatic heterocycles. The van der Waals surface area contributed by atoms with Crippen molar-refractivity contribution in [2.24, 2.45) is 0 Å². The van der Waals surface area contributed by atoms with Crippen LogP contribution in [0.25, 0.3) is 0 Å². The van der Waals surface area contributed by atoms with Crippen molar-refractivity contribution in [2.45, 2.75) is 44.6 Å². The predicted octanol–water partition coefficient (Wildman–Crippen LogP) is 4.58. The van der Waals surface area contributed by atoms with Gasteiger partial charge in [0.15, 0.2) is 0 Å². The number of methoxy groups -OCH3 is 1. The second-order valence-electron chi connectivity index (χ2n) is 7.83. The molecule has 0 spiro atoms. The first-order valence-electron chi connectivity index (χ1n) is 10.5. The van der Waals surface area contributed by atoms with Crippen LogP contribution >= 0.6 is 0 Å². The Morgan fingerprint density at radius 3 is 2.34 bits per heavy atom. The highest BCUT2D eigenvalue weighted by Gasteiger charge is 2.28. The molecule has 29 heavy (non-hydrogen) atoms. The highest BCUT2D eigenvalue weighted by molar-refractivity contribution is 5.97. The van der Waals surface area contributed by atoms with Gasteiger partial charge >= 0.3 is 0 Å². The number of benzene rings is 2. The van der Waals surface area contributed by atoms with Crippen molar-refractivity contribution in [1.82, 2.24) is 4.90 Å². The molecule has 2 amide bonds. The highest BCUT2D eigenvalue weighted by Crippen LogP contribution is 2.32. The lowest BCUT2D eigenvalue weighted by Crippen LogP contribution is -2.34. The molecule has 5 nitrogen and oxygen atoms in total. The second kappa shape index (κ2) is 8.68. The van der Waals surface area contributed by atoms with E-state index in [0.29, 0.717) is 12.0 Å². The van der Waals surface area contributed by atoms with Gasteiger partial charge in [-0.15, -0.1) is 0 Å². The van der Waals surface area contributed by atoms with Crippen molar-refractivity contribution >= 4 is 17.5 Å². The summed E-state index contributed by atoms with van der Waals surface area (Å²) in [6.45, 7) is 1.53. The fraction of sp³-hybridized carbons (Fsp3) is 0.417. The van der Waals surface area contributed by atoms with Gasteiger partial charge in [0, 0.05) is 30.8 Å². The number of carbonyl (C=O) groups is 2. The van der Waals surface area contributed by atoms with Crippen molar-refractivity contribution in [2.75, 3.05) is 25.1 Å². The van der Waals surface area contributed by atoms with Crippen LogP contribution in [0.2, 0.25) is 0 Å². The summed E-state index contributed by atoms with van der Waals surface area (Å²) in [6, 6.07) is 15.7. The molecule has 0 unspecified atom stereocenters. The molecule has 0 radical (unpaired) electrons. The summed E-state index contributed by atoms with van der Waals surface area (Å²) in [4.78, 5) is 29.2. The molecule has 2 saturated heterocycles. The first kappa shape index (κ1) is 19.5. The number of amides is 2. The molecule has 2 aromatic carbocycles. The van der Waals surface area contributed by atoms with Gasteiger partial charge in [-0.2, -0.15) is 0 Å². The van der Waals surface area contributed by atoms with E-state index in [0.717, 1.165) is 62.2 Å². The van der Waals surface area contributed by atoms with E-state index in [-0.39, 0.29) is 17.9 Å². The average molecular weight is 392 g/mol. The molecule has 2 heterocycles. The average Bonchev–Trinajstić information content (AvgIpc) is 3.05. The predicted molar refractivity (Wildman–Crippen MR) is 113 cm³/mol. The first-order chi connectivity index (χ1) is 14.2. The molecule has 4 rings (SSSR count). The van der Waals surface area contributed by atoms with Crippen LogP contribution in [0.1, 0.15) is 60.5 Å². The smallest absolute Gasteiger partial charge is 0.254 e. The summed E-state index contributed by atoms with van der Waals surface area (Å²) in [6.07, 6.45) is 5.77. The maximum Gasteiger partial charge on any atom is 0.254 e. The zero-order chi connectivity index (χ0) is 20.2. The normalized spacial score (nSPS) is 19.9. The molecule has 2 fully saturated rings. The lowest BCUT2D eigenvalue weighted by atomic mass is 10.00. The summed E-state index contributed by atoms with van der Waals surface area (Å²) >= 11 is 0. The van der Waals surface area contributed by atoms with E-state index < -0.39 is 0 Å². The van der Waals surface area contributed by atoms with Crippen molar-refractivity contribution in [1.29, 1.82) is 0 Å². The molecular formula is C24H28N2O3. The fourth-order valence-electron chi connectivity index (χ4n) is 4.39. The van der Waals surface area contributed by atoms with Crippen LogP contribution in [0, 0.1) is 0 Å². The lowest BCUT2D eigenvalue weighted by molar-refractivity contribution is -0.117. The minimum absolute atomic E-state index is 0.0621. The van der Waals surface area contributed by atoms with E-state index in [1.54, 1.807) is 12.0 Å². The zero-order valence-corrected chi connectivity index (χ0v) is 17.0. The summed E-state index contributed by atoms with van der Waals surface area (Å²) in [5.74, 6) is 1.05. The van der Waals surface area contributed by atoms with Gasteiger partial charge in [0.05, 0.1) is 13.2 Å². The number of nitrogens with zero attached hydrogens (tertiary/aromatic N) is 2. The van der Waals surface area contributed by atoms with Gasteiger partial charge in [-0.05, 0) is 61.2 Å². The Kier molecular flexibility index (Phi) is 5.84. The number of ether oxygens (including phenoxy) is 1. The van der Waals surface area contributed by atoms with Gasteiger partial charge in [0.25, 0.3) is 5.91 Å². The minimum Gasteiger partial charge on any atom is -0.497 e. The van der Waals surface area contributed by atoms with Crippen LogP contribution in [0.15, 0.2) is 48.5 Å². The van der Waals surface area contributed by atoms with Gasteiger partial charge in [-0.3, -0.25) is 9.59 Å². The number of hydrogen-bond acceptors (Lipinski definition) is 3. The van der Waals surface area contributed by atoms with Crippen LogP contribution in [0.4, 0.5) is 5.69 Å². The van der Waals surface area contributed by atoms with Gasteiger partial charge in [-0.1, -0.05) is 25.0 Å². The van der Waals surface area contributed by atoms with E-state index in [2.05, 4.69) is 12.1 Å². The van der Waals surface area contributed by atoms with Crippen LogP contribution in [0.5, 0.6) is 5.75 Å². The van der Waals surface area contributed by atoms with Crippen molar-refractivity contribution < 1.29 is 14.3 Å². The Labute approximate surface area is 172 Å². The second-order valence-corrected chi connectivity index (χ2v) is 7.83. The molecular weight excluding hydrogens is 364 g/mol. The SMILES string of the molecule is COc1ccc([C@@H]2CCCCCN2C(=O)c2ccc(N3CCCC3=O)cc2)cc1. The third-order valence-corrected chi connectivity index (χ3v) is 6.01. The van der Waals surface area contributed by atoms with Gasteiger partial charge < -0.3 is 14.5 Å². The van der Waals surface area contributed by atoms with Crippen molar-refractivity contribution in [3.63, 3.8) is 0 Å². The maximum atomic E-state index is 13.4. The number of likely N-dealkylation sites (tertiary alicyclic amines) is 1. The number of carbonyl (C=O) groups excluding carboxylic acids is 2. The van der Waals surface area contributed by atoms with E-state index in [1.165, 1.54) is 0 Å². The van der Waals surface area contributed by atoms with E-state index in [4.69, 9.17) is 4.74 Å².